The predicted molar refractivity (Wildman–Crippen MR) is 136 cm³/mol. The van der Waals surface area contributed by atoms with Crippen LogP contribution in [-0.2, 0) is 11.3 Å². The number of hydrogen-bond donors (Lipinski definition) is 2. The van der Waals surface area contributed by atoms with Gasteiger partial charge < -0.3 is 20.2 Å². The summed E-state index contributed by atoms with van der Waals surface area (Å²) in [6, 6.07) is 10.2. The van der Waals surface area contributed by atoms with E-state index in [0.717, 1.165) is 5.56 Å². The van der Waals surface area contributed by atoms with Gasteiger partial charge in [-0.1, -0.05) is 29.8 Å². The van der Waals surface area contributed by atoms with Gasteiger partial charge in [0, 0.05) is 54.4 Å². The number of hydrogen-bond acceptors (Lipinski definition) is 7. The summed E-state index contributed by atoms with van der Waals surface area (Å²) in [7, 11) is 3.72. The molecule has 2 aromatic heterocycles. The second-order valence-corrected chi connectivity index (χ2v) is 9.36. The first-order chi connectivity index (χ1) is 16.3. The highest BCUT2D eigenvalue weighted by atomic mass is 127. The molecule has 0 spiro atoms. The molecule has 0 saturated carbocycles. The second kappa shape index (κ2) is 10.2. The van der Waals surface area contributed by atoms with Crippen LogP contribution >= 0.6 is 34.2 Å². The molecule has 3 aromatic rings. The van der Waals surface area contributed by atoms with E-state index < -0.39 is 6.04 Å². The summed E-state index contributed by atoms with van der Waals surface area (Å²) < 4.78 is 0.547. The van der Waals surface area contributed by atoms with Crippen LogP contribution in [0.1, 0.15) is 27.7 Å². The van der Waals surface area contributed by atoms with Crippen LogP contribution in [-0.4, -0.2) is 64.0 Å². The number of benzene rings is 1. The van der Waals surface area contributed by atoms with E-state index in [2.05, 4.69) is 20.3 Å². The maximum atomic E-state index is 13.0. The monoisotopic (exact) mass is 592 g/mol. The topological polar surface area (TPSA) is 112 Å². The molecule has 34 heavy (non-hydrogen) atoms. The number of carbonyl (C=O) groups excluding carboxylic acids is 2. The predicted octanol–water partition coefficient (Wildman–Crippen LogP) is 2.67. The average molecular weight is 593 g/mol. The minimum absolute atomic E-state index is 0.140. The number of fused-ring (bicyclic) bond motifs is 1. The molecule has 3 heterocycles. The molecule has 1 atom stereocenters. The number of halogens is 2. The highest BCUT2D eigenvalue weighted by Crippen LogP contribution is 2.31. The Bertz CT molecular complexity index is 1260. The lowest BCUT2D eigenvalue weighted by atomic mass is 10.0. The lowest BCUT2D eigenvalue weighted by Gasteiger charge is -2.21. The molecule has 0 radical (unpaired) electrons. The molecule has 0 fully saturated rings. The SMILES string of the molecule is CN(C)c1cccc([C@@H](CO)NC(=O)CN2Cc3ccc(-c4nc(I)ncc4Cl)cc3C2=O)n1. The van der Waals surface area contributed by atoms with Gasteiger partial charge in [-0.05, 0) is 23.8 Å². The third kappa shape index (κ3) is 5.13. The van der Waals surface area contributed by atoms with Crippen molar-refractivity contribution < 1.29 is 14.7 Å². The molecular weight excluding hydrogens is 571 g/mol. The van der Waals surface area contributed by atoms with Gasteiger partial charge in [0.1, 0.15) is 12.4 Å². The van der Waals surface area contributed by atoms with Gasteiger partial charge in [-0.2, -0.15) is 0 Å². The molecule has 2 amide bonds. The zero-order valence-corrected chi connectivity index (χ0v) is 21.4. The zero-order valence-electron chi connectivity index (χ0n) is 18.5. The third-order valence-corrected chi connectivity index (χ3v) is 6.20. The van der Waals surface area contributed by atoms with Crippen molar-refractivity contribution in [1.82, 2.24) is 25.2 Å². The van der Waals surface area contributed by atoms with Crippen molar-refractivity contribution in [3.63, 3.8) is 0 Å². The van der Waals surface area contributed by atoms with E-state index >= 15 is 0 Å². The van der Waals surface area contributed by atoms with E-state index in [0.29, 0.717) is 43.7 Å². The van der Waals surface area contributed by atoms with Crippen LogP contribution < -0.4 is 10.2 Å². The van der Waals surface area contributed by atoms with Crippen molar-refractivity contribution in [1.29, 1.82) is 0 Å². The van der Waals surface area contributed by atoms with Crippen molar-refractivity contribution in [3.05, 3.63) is 68.3 Å². The maximum Gasteiger partial charge on any atom is 0.254 e. The molecule has 1 aliphatic rings. The summed E-state index contributed by atoms with van der Waals surface area (Å²) in [6.07, 6.45) is 1.53. The second-order valence-electron chi connectivity index (χ2n) is 7.99. The van der Waals surface area contributed by atoms with Gasteiger partial charge in [-0.3, -0.25) is 9.59 Å². The number of nitrogens with zero attached hydrogens (tertiary/aromatic N) is 5. The van der Waals surface area contributed by atoms with Gasteiger partial charge in [0.2, 0.25) is 5.91 Å². The van der Waals surface area contributed by atoms with Crippen molar-refractivity contribution in [2.24, 2.45) is 0 Å². The Morgan fingerprint density at radius 1 is 1.29 bits per heavy atom. The largest absolute Gasteiger partial charge is 0.394 e. The molecule has 0 bridgehead atoms. The van der Waals surface area contributed by atoms with Crippen LogP contribution in [0.3, 0.4) is 0 Å². The third-order valence-electron chi connectivity index (χ3n) is 5.40. The minimum Gasteiger partial charge on any atom is -0.394 e. The minimum atomic E-state index is -0.679. The van der Waals surface area contributed by atoms with E-state index in [4.69, 9.17) is 11.6 Å². The number of rotatable bonds is 7. The molecule has 2 N–H and O–H groups in total. The number of nitrogens with one attached hydrogen (secondary N) is 1. The summed E-state index contributed by atoms with van der Waals surface area (Å²) in [5.74, 6) is 0.0793. The number of pyridine rings is 1. The van der Waals surface area contributed by atoms with Gasteiger partial charge >= 0.3 is 0 Å². The number of aromatic nitrogens is 3. The maximum absolute atomic E-state index is 13.0. The Labute approximate surface area is 215 Å². The first kappa shape index (κ1) is 24.3. The van der Waals surface area contributed by atoms with Gasteiger partial charge in [-0.15, -0.1) is 0 Å². The van der Waals surface area contributed by atoms with Crippen LogP contribution in [0, 0.1) is 3.83 Å². The molecule has 0 unspecified atom stereocenters. The first-order valence-electron chi connectivity index (χ1n) is 10.4. The number of aliphatic hydroxyl groups is 1. The normalized spacial score (nSPS) is 13.6. The highest BCUT2D eigenvalue weighted by molar-refractivity contribution is 14.1. The Morgan fingerprint density at radius 3 is 2.82 bits per heavy atom. The Kier molecular flexibility index (Phi) is 7.29. The molecule has 1 aliphatic heterocycles. The number of anilines is 1. The Balaban J connectivity index is 1.47. The van der Waals surface area contributed by atoms with Crippen LogP contribution in [0.5, 0.6) is 0 Å². The van der Waals surface area contributed by atoms with Crippen LogP contribution in [0.2, 0.25) is 5.02 Å². The number of carbonyl (C=O) groups is 2. The quantitative estimate of drug-likeness (QED) is 0.321. The van der Waals surface area contributed by atoms with Gasteiger partial charge in [0.15, 0.2) is 3.83 Å². The fourth-order valence-electron chi connectivity index (χ4n) is 3.69. The molecule has 1 aromatic carbocycles. The standard InChI is InChI=1S/C23H22ClIN6O3/c1-30(2)19-5-3-4-17(27-19)18(12-32)28-20(33)11-31-10-14-7-6-13(8-15(14)22(31)34)21-16(24)9-26-23(25)29-21/h3-9,18,32H,10-12H2,1-2H3,(H,28,33)/t18-/m1/s1. The summed E-state index contributed by atoms with van der Waals surface area (Å²) in [4.78, 5) is 42.0. The molecule has 176 valence electrons. The van der Waals surface area contributed by atoms with Gasteiger partial charge in [0.25, 0.3) is 5.91 Å². The molecular formula is C23H22ClIN6O3. The van der Waals surface area contributed by atoms with E-state index in [1.54, 1.807) is 12.1 Å². The fourth-order valence-corrected chi connectivity index (χ4v) is 4.27. The van der Waals surface area contributed by atoms with E-state index in [1.165, 1.54) is 11.1 Å². The van der Waals surface area contributed by atoms with Crippen molar-refractivity contribution in [2.75, 3.05) is 32.1 Å². The summed E-state index contributed by atoms with van der Waals surface area (Å²) in [5.41, 5.74) is 3.12. The Hall–Kier alpha value is -2.83. The Morgan fingerprint density at radius 2 is 2.09 bits per heavy atom. The molecule has 0 aliphatic carbocycles. The summed E-state index contributed by atoms with van der Waals surface area (Å²) in [5, 5.41) is 13.0. The summed E-state index contributed by atoms with van der Waals surface area (Å²) >= 11 is 8.25. The lowest BCUT2D eigenvalue weighted by Crippen LogP contribution is -2.40. The molecule has 11 heteroatoms. The smallest absolute Gasteiger partial charge is 0.254 e. The molecule has 9 nitrogen and oxygen atoms in total. The average Bonchev–Trinajstić information content (AvgIpc) is 3.13. The molecule has 0 saturated heterocycles. The van der Waals surface area contributed by atoms with Gasteiger partial charge in [0.05, 0.1) is 35.3 Å². The van der Waals surface area contributed by atoms with E-state index in [-0.39, 0.29) is 25.0 Å². The first-order valence-corrected chi connectivity index (χ1v) is 11.9. The fraction of sp³-hybridized carbons (Fsp3) is 0.261. The van der Waals surface area contributed by atoms with Crippen LogP contribution in [0.4, 0.5) is 5.82 Å². The number of aliphatic hydroxyl groups excluding tert-OH is 1. The van der Waals surface area contributed by atoms with E-state index in [1.807, 2.05) is 65.9 Å². The zero-order chi connectivity index (χ0) is 24.4. The number of amides is 2. The van der Waals surface area contributed by atoms with E-state index in [9.17, 15) is 14.7 Å². The van der Waals surface area contributed by atoms with Crippen molar-refractivity contribution in [2.45, 2.75) is 12.6 Å². The van der Waals surface area contributed by atoms with Crippen molar-refractivity contribution >= 4 is 51.8 Å². The van der Waals surface area contributed by atoms with Crippen LogP contribution in [0.25, 0.3) is 11.3 Å². The summed E-state index contributed by atoms with van der Waals surface area (Å²) in [6.45, 7) is -0.139. The molecule has 4 rings (SSSR count). The van der Waals surface area contributed by atoms with Crippen molar-refractivity contribution in [3.8, 4) is 11.3 Å². The lowest BCUT2D eigenvalue weighted by molar-refractivity contribution is -0.122. The van der Waals surface area contributed by atoms with Crippen LogP contribution in [0.15, 0.2) is 42.6 Å². The highest BCUT2D eigenvalue weighted by Gasteiger charge is 2.30. The van der Waals surface area contributed by atoms with Gasteiger partial charge in [-0.25, -0.2) is 15.0 Å².